The zero-order valence-corrected chi connectivity index (χ0v) is 9.91. The first-order chi connectivity index (χ1) is 7.18. The van der Waals surface area contributed by atoms with E-state index in [-0.39, 0.29) is 5.60 Å². The minimum Gasteiger partial charge on any atom is -0.390 e. The smallest absolute Gasteiger partial charge is 0.0684 e. The fraction of sp³-hybridized carbons (Fsp3) is 1.00. The maximum atomic E-state index is 10.4. The maximum Gasteiger partial charge on any atom is 0.0684 e. The zero-order chi connectivity index (χ0) is 10.7. The van der Waals surface area contributed by atoms with Crippen molar-refractivity contribution in [1.82, 2.24) is 9.80 Å². The summed E-state index contributed by atoms with van der Waals surface area (Å²) in [5, 5.41) is 10.4. The van der Waals surface area contributed by atoms with Gasteiger partial charge in [0.2, 0.25) is 0 Å². The summed E-state index contributed by atoms with van der Waals surface area (Å²) in [6.45, 7) is 5.69. The third-order valence-electron chi connectivity index (χ3n) is 4.01. The highest BCUT2D eigenvalue weighted by Crippen LogP contribution is 2.25. The Labute approximate surface area is 93.1 Å². The molecule has 2 aliphatic rings. The Hall–Kier alpha value is -0.120. The van der Waals surface area contributed by atoms with Gasteiger partial charge in [0.05, 0.1) is 5.60 Å². The van der Waals surface area contributed by atoms with E-state index in [1.54, 1.807) is 0 Å². The van der Waals surface area contributed by atoms with E-state index >= 15 is 0 Å². The van der Waals surface area contributed by atoms with E-state index in [0.29, 0.717) is 0 Å². The SMILES string of the molecule is CN1CCC(O)(CCN2CCCC2)CC1. The summed E-state index contributed by atoms with van der Waals surface area (Å²) < 4.78 is 0. The number of piperidine rings is 1. The van der Waals surface area contributed by atoms with Crippen molar-refractivity contribution in [2.75, 3.05) is 39.8 Å². The molecule has 3 heteroatoms. The van der Waals surface area contributed by atoms with Gasteiger partial charge in [0.15, 0.2) is 0 Å². The van der Waals surface area contributed by atoms with E-state index in [0.717, 1.165) is 38.9 Å². The molecule has 15 heavy (non-hydrogen) atoms. The van der Waals surface area contributed by atoms with Crippen LogP contribution in [-0.4, -0.2) is 60.3 Å². The first-order valence-electron chi connectivity index (χ1n) is 6.31. The highest BCUT2D eigenvalue weighted by Gasteiger charge is 2.31. The Bertz CT molecular complexity index is 194. The van der Waals surface area contributed by atoms with Gasteiger partial charge in [-0.3, -0.25) is 0 Å². The lowest BCUT2D eigenvalue weighted by atomic mass is 9.88. The van der Waals surface area contributed by atoms with Crippen molar-refractivity contribution in [2.45, 2.75) is 37.7 Å². The molecule has 88 valence electrons. The molecule has 2 saturated heterocycles. The molecule has 3 nitrogen and oxygen atoms in total. The van der Waals surface area contributed by atoms with Gasteiger partial charge < -0.3 is 14.9 Å². The Balaban J connectivity index is 1.72. The summed E-state index contributed by atoms with van der Waals surface area (Å²) in [4.78, 5) is 4.81. The second kappa shape index (κ2) is 4.81. The van der Waals surface area contributed by atoms with E-state index in [1.807, 2.05) is 0 Å². The molecule has 0 bridgehead atoms. The lowest BCUT2D eigenvalue weighted by Gasteiger charge is -2.37. The van der Waals surface area contributed by atoms with Crippen LogP contribution in [0, 0.1) is 0 Å². The van der Waals surface area contributed by atoms with Gasteiger partial charge in [-0.15, -0.1) is 0 Å². The molecular weight excluding hydrogens is 188 g/mol. The van der Waals surface area contributed by atoms with Crippen LogP contribution >= 0.6 is 0 Å². The summed E-state index contributed by atoms with van der Waals surface area (Å²) in [7, 11) is 2.14. The lowest BCUT2D eigenvalue weighted by molar-refractivity contribution is -0.0274. The largest absolute Gasteiger partial charge is 0.390 e. The van der Waals surface area contributed by atoms with Crippen molar-refractivity contribution < 1.29 is 5.11 Å². The predicted octanol–water partition coefficient (Wildman–Crippen LogP) is 0.929. The Morgan fingerprint density at radius 3 is 2.27 bits per heavy atom. The molecule has 0 spiro atoms. The molecule has 2 rings (SSSR count). The van der Waals surface area contributed by atoms with Crippen molar-refractivity contribution in [3.05, 3.63) is 0 Å². The quantitative estimate of drug-likeness (QED) is 0.754. The van der Waals surface area contributed by atoms with Gasteiger partial charge in [-0.05, 0) is 52.2 Å². The maximum absolute atomic E-state index is 10.4. The molecule has 0 amide bonds. The van der Waals surface area contributed by atoms with Crippen LogP contribution in [0.25, 0.3) is 0 Å². The standard InChI is InChI=1S/C12H24N2O/c1-13-9-4-12(15,5-10-13)6-11-14-7-2-3-8-14/h15H,2-11H2,1H3. The van der Waals surface area contributed by atoms with Crippen LogP contribution in [0.5, 0.6) is 0 Å². The van der Waals surface area contributed by atoms with Crippen molar-refractivity contribution in [3.63, 3.8) is 0 Å². The van der Waals surface area contributed by atoms with Crippen molar-refractivity contribution >= 4 is 0 Å². The number of nitrogens with zero attached hydrogens (tertiary/aromatic N) is 2. The van der Waals surface area contributed by atoms with Gasteiger partial charge in [-0.1, -0.05) is 0 Å². The second-order valence-electron chi connectivity index (χ2n) is 5.33. The molecule has 0 atom stereocenters. The Morgan fingerprint density at radius 2 is 1.67 bits per heavy atom. The van der Waals surface area contributed by atoms with Gasteiger partial charge in [-0.25, -0.2) is 0 Å². The van der Waals surface area contributed by atoms with E-state index in [2.05, 4.69) is 16.8 Å². The van der Waals surface area contributed by atoms with E-state index in [4.69, 9.17) is 0 Å². The molecule has 0 radical (unpaired) electrons. The summed E-state index contributed by atoms with van der Waals surface area (Å²) in [5.41, 5.74) is -0.366. The van der Waals surface area contributed by atoms with E-state index in [9.17, 15) is 5.11 Å². The average molecular weight is 212 g/mol. The molecule has 2 aliphatic heterocycles. The third-order valence-corrected chi connectivity index (χ3v) is 4.01. The van der Waals surface area contributed by atoms with Gasteiger partial charge in [0, 0.05) is 19.6 Å². The lowest BCUT2D eigenvalue weighted by Crippen LogP contribution is -2.44. The Kier molecular flexibility index (Phi) is 3.65. The number of hydrogen-bond donors (Lipinski definition) is 1. The molecule has 1 N–H and O–H groups in total. The molecule has 2 fully saturated rings. The fourth-order valence-electron chi connectivity index (χ4n) is 2.66. The zero-order valence-electron chi connectivity index (χ0n) is 9.91. The van der Waals surface area contributed by atoms with Crippen LogP contribution in [0.3, 0.4) is 0 Å². The van der Waals surface area contributed by atoms with Gasteiger partial charge in [-0.2, -0.15) is 0 Å². The van der Waals surface area contributed by atoms with Gasteiger partial charge >= 0.3 is 0 Å². The van der Waals surface area contributed by atoms with Crippen LogP contribution in [-0.2, 0) is 0 Å². The highest BCUT2D eigenvalue weighted by molar-refractivity contribution is 4.86. The molecule has 2 heterocycles. The summed E-state index contributed by atoms with van der Waals surface area (Å²) in [6.07, 6.45) is 5.58. The molecule has 0 saturated carbocycles. The summed E-state index contributed by atoms with van der Waals surface area (Å²) in [6, 6.07) is 0. The second-order valence-corrected chi connectivity index (χ2v) is 5.33. The molecule has 0 aromatic heterocycles. The summed E-state index contributed by atoms with van der Waals surface area (Å²) >= 11 is 0. The number of likely N-dealkylation sites (tertiary alicyclic amines) is 2. The first kappa shape index (κ1) is 11.4. The van der Waals surface area contributed by atoms with Gasteiger partial charge in [0.1, 0.15) is 0 Å². The first-order valence-corrected chi connectivity index (χ1v) is 6.31. The van der Waals surface area contributed by atoms with E-state index < -0.39 is 0 Å². The molecule has 0 aromatic rings. The minimum atomic E-state index is -0.366. The topological polar surface area (TPSA) is 26.7 Å². The molecule has 0 unspecified atom stereocenters. The highest BCUT2D eigenvalue weighted by atomic mass is 16.3. The minimum absolute atomic E-state index is 0.366. The summed E-state index contributed by atoms with van der Waals surface area (Å²) in [5.74, 6) is 0. The Morgan fingerprint density at radius 1 is 1.07 bits per heavy atom. The van der Waals surface area contributed by atoms with E-state index in [1.165, 1.54) is 25.9 Å². The van der Waals surface area contributed by atoms with Crippen molar-refractivity contribution in [2.24, 2.45) is 0 Å². The fourth-order valence-corrected chi connectivity index (χ4v) is 2.66. The normalized spacial score (nSPS) is 28.4. The number of hydrogen-bond acceptors (Lipinski definition) is 3. The van der Waals surface area contributed by atoms with Crippen molar-refractivity contribution in [1.29, 1.82) is 0 Å². The van der Waals surface area contributed by atoms with Crippen molar-refractivity contribution in [3.8, 4) is 0 Å². The molecular formula is C12H24N2O. The van der Waals surface area contributed by atoms with Crippen LogP contribution in [0.15, 0.2) is 0 Å². The predicted molar refractivity (Wildman–Crippen MR) is 62.0 cm³/mol. The molecule has 0 aliphatic carbocycles. The van der Waals surface area contributed by atoms with Crippen LogP contribution < -0.4 is 0 Å². The average Bonchev–Trinajstić information content (AvgIpc) is 2.73. The number of aliphatic hydroxyl groups is 1. The molecule has 0 aromatic carbocycles. The third kappa shape index (κ3) is 3.16. The number of rotatable bonds is 3. The van der Waals surface area contributed by atoms with Crippen LogP contribution in [0.4, 0.5) is 0 Å². The van der Waals surface area contributed by atoms with Crippen LogP contribution in [0.2, 0.25) is 0 Å². The van der Waals surface area contributed by atoms with Crippen LogP contribution in [0.1, 0.15) is 32.1 Å². The monoisotopic (exact) mass is 212 g/mol. The van der Waals surface area contributed by atoms with Gasteiger partial charge in [0.25, 0.3) is 0 Å².